The molecule has 266 valence electrons. The standard InChI is InChI=1S/C54H40N2/c1-40-16-14-15-39-55(53-25-12-10-21-49(40)53)46-33-29-45(30-34-46)52-24-11-13-26-54(52)56(47-35-27-42(28-36-47)41-17-4-2-5-18-41)48-37-31-44(32-38-48)51-23-9-8-22-50(51)43-19-6-3-7-20-43/h2-39H,1H2/b16-14-,39-15-. The molecule has 0 saturated carbocycles. The summed E-state index contributed by atoms with van der Waals surface area (Å²) in [5.74, 6) is 0. The predicted molar refractivity (Wildman–Crippen MR) is 239 cm³/mol. The Morgan fingerprint density at radius 2 is 0.804 bits per heavy atom. The molecule has 9 rings (SSSR count). The third-order valence-corrected chi connectivity index (χ3v) is 10.4. The highest BCUT2D eigenvalue weighted by molar-refractivity contribution is 5.91. The summed E-state index contributed by atoms with van der Waals surface area (Å²) >= 11 is 0. The van der Waals surface area contributed by atoms with Crippen LogP contribution in [0.4, 0.5) is 28.4 Å². The van der Waals surface area contributed by atoms with Crippen molar-refractivity contribution < 1.29 is 0 Å². The average Bonchev–Trinajstić information content (AvgIpc) is 3.27. The first-order valence-corrected chi connectivity index (χ1v) is 19.0. The minimum atomic E-state index is 0.992. The molecule has 1 aliphatic rings. The first-order chi connectivity index (χ1) is 27.7. The lowest BCUT2D eigenvalue weighted by atomic mass is 9.94. The van der Waals surface area contributed by atoms with Gasteiger partial charge in [-0.25, -0.2) is 0 Å². The lowest BCUT2D eigenvalue weighted by Crippen LogP contribution is -2.12. The molecule has 0 aromatic heterocycles. The van der Waals surface area contributed by atoms with Crippen molar-refractivity contribution in [1.82, 2.24) is 0 Å². The van der Waals surface area contributed by atoms with Gasteiger partial charge in [0.2, 0.25) is 0 Å². The number of fused-ring (bicyclic) bond motifs is 1. The van der Waals surface area contributed by atoms with Crippen LogP contribution >= 0.6 is 0 Å². The summed E-state index contributed by atoms with van der Waals surface area (Å²) in [5.41, 5.74) is 17.0. The van der Waals surface area contributed by atoms with Crippen LogP contribution in [0.5, 0.6) is 0 Å². The maximum absolute atomic E-state index is 4.32. The zero-order valence-corrected chi connectivity index (χ0v) is 31.0. The summed E-state index contributed by atoms with van der Waals surface area (Å²) in [5, 5.41) is 0. The van der Waals surface area contributed by atoms with Crippen LogP contribution in [0.3, 0.4) is 0 Å². The van der Waals surface area contributed by atoms with Gasteiger partial charge in [0.1, 0.15) is 0 Å². The van der Waals surface area contributed by atoms with Crippen LogP contribution in [-0.4, -0.2) is 0 Å². The van der Waals surface area contributed by atoms with Crippen molar-refractivity contribution in [1.29, 1.82) is 0 Å². The van der Waals surface area contributed by atoms with Gasteiger partial charge in [-0.1, -0.05) is 176 Å². The van der Waals surface area contributed by atoms with E-state index in [4.69, 9.17) is 0 Å². The molecule has 0 spiro atoms. The number of hydrogen-bond acceptors (Lipinski definition) is 2. The van der Waals surface area contributed by atoms with E-state index in [0.717, 1.165) is 50.7 Å². The Morgan fingerprint density at radius 3 is 1.45 bits per heavy atom. The van der Waals surface area contributed by atoms with Crippen LogP contribution in [0, 0.1) is 0 Å². The Labute approximate surface area is 329 Å². The molecule has 8 aromatic rings. The normalized spacial score (nSPS) is 13.3. The molecule has 0 radical (unpaired) electrons. The van der Waals surface area contributed by atoms with Gasteiger partial charge in [-0.2, -0.15) is 0 Å². The topological polar surface area (TPSA) is 6.48 Å². The highest BCUT2D eigenvalue weighted by atomic mass is 15.1. The second kappa shape index (κ2) is 15.5. The molecule has 0 fully saturated rings. The summed E-state index contributed by atoms with van der Waals surface area (Å²) in [4.78, 5) is 4.61. The number of benzene rings is 8. The molecule has 0 bridgehead atoms. The van der Waals surface area contributed by atoms with Crippen molar-refractivity contribution >= 4 is 34.0 Å². The van der Waals surface area contributed by atoms with Crippen LogP contribution in [0.1, 0.15) is 5.56 Å². The van der Waals surface area contributed by atoms with Gasteiger partial charge < -0.3 is 9.80 Å². The quantitative estimate of drug-likeness (QED) is 0.154. The third-order valence-electron chi connectivity index (χ3n) is 10.4. The van der Waals surface area contributed by atoms with Crippen molar-refractivity contribution in [2.45, 2.75) is 0 Å². The van der Waals surface area contributed by atoms with Gasteiger partial charge >= 0.3 is 0 Å². The van der Waals surface area contributed by atoms with Gasteiger partial charge in [0.25, 0.3) is 0 Å². The second-order valence-electron chi connectivity index (χ2n) is 13.9. The number of hydrogen-bond donors (Lipinski definition) is 0. The first-order valence-electron chi connectivity index (χ1n) is 19.0. The Bertz CT molecular complexity index is 2670. The summed E-state index contributed by atoms with van der Waals surface area (Å²) in [6, 6.07) is 73.7. The molecule has 8 aromatic carbocycles. The van der Waals surface area contributed by atoms with E-state index >= 15 is 0 Å². The molecule has 0 unspecified atom stereocenters. The van der Waals surface area contributed by atoms with Crippen molar-refractivity contribution in [2.75, 3.05) is 9.80 Å². The van der Waals surface area contributed by atoms with E-state index in [1.165, 1.54) is 33.4 Å². The fourth-order valence-electron chi connectivity index (χ4n) is 7.63. The zero-order chi connectivity index (χ0) is 37.7. The second-order valence-corrected chi connectivity index (χ2v) is 13.9. The fraction of sp³-hybridized carbons (Fsp3) is 0. The van der Waals surface area contributed by atoms with E-state index in [1.807, 2.05) is 6.08 Å². The highest BCUT2D eigenvalue weighted by Gasteiger charge is 2.19. The first kappa shape index (κ1) is 34.4. The number of nitrogens with zero attached hydrogens (tertiary/aromatic N) is 2. The minimum Gasteiger partial charge on any atom is -0.317 e. The molecule has 2 nitrogen and oxygen atoms in total. The summed E-state index contributed by atoms with van der Waals surface area (Å²) in [7, 11) is 0. The minimum absolute atomic E-state index is 0.992. The predicted octanol–water partition coefficient (Wildman–Crippen LogP) is 15.1. The number of rotatable bonds is 8. The molecule has 2 heteroatoms. The molecule has 1 aliphatic heterocycles. The monoisotopic (exact) mass is 716 g/mol. The van der Waals surface area contributed by atoms with Gasteiger partial charge in [0, 0.05) is 34.4 Å². The number of anilines is 5. The maximum atomic E-state index is 4.32. The maximum Gasteiger partial charge on any atom is 0.0540 e. The molecular formula is C54H40N2. The lowest BCUT2D eigenvalue weighted by Gasteiger charge is -2.29. The SMILES string of the molecule is C=C1/C=C\C=C/N(c2ccc(-c3ccccc3N(c3ccc(-c4ccccc4)cc3)c3ccc(-c4ccccc4-c4ccccc4)cc3)cc2)c2ccccc21. The largest absolute Gasteiger partial charge is 0.317 e. The van der Waals surface area contributed by atoms with Crippen LogP contribution in [0.25, 0.3) is 50.1 Å². The van der Waals surface area contributed by atoms with Gasteiger partial charge in [-0.3, -0.25) is 0 Å². The third kappa shape index (κ3) is 6.88. The smallest absolute Gasteiger partial charge is 0.0540 e. The summed E-state index contributed by atoms with van der Waals surface area (Å²) in [6.07, 6.45) is 8.29. The molecule has 1 heterocycles. The molecule has 0 saturated heterocycles. The average molecular weight is 717 g/mol. The summed E-state index contributed by atoms with van der Waals surface area (Å²) in [6.45, 7) is 4.32. The van der Waals surface area contributed by atoms with E-state index in [-0.39, 0.29) is 0 Å². The van der Waals surface area contributed by atoms with Crippen molar-refractivity contribution in [3.8, 4) is 44.5 Å². The highest BCUT2D eigenvalue weighted by Crippen LogP contribution is 2.43. The van der Waals surface area contributed by atoms with Gasteiger partial charge in [0.15, 0.2) is 0 Å². The van der Waals surface area contributed by atoms with Crippen molar-refractivity contribution in [2.24, 2.45) is 0 Å². The van der Waals surface area contributed by atoms with E-state index in [0.29, 0.717) is 0 Å². The fourth-order valence-corrected chi connectivity index (χ4v) is 7.63. The number of para-hydroxylation sites is 2. The van der Waals surface area contributed by atoms with Crippen molar-refractivity contribution in [3.05, 3.63) is 243 Å². The van der Waals surface area contributed by atoms with Gasteiger partial charge in [0.05, 0.1) is 11.4 Å². The Hall–Kier alpha value is -7.42. The lowest BCUT2D eigenvalue weighted by molar-refractivity contribution is 1.26. The molecule has 0 N–H and O–H groups in total. The Morgan fingerprint density at radius 1 is 0.357 bits per heavy atom. The van der Waals surface area contributed by atoms with E-state index in [1.54, 1.807) is 0 Å². The van der Waals surface area contributed by atoms with Gasteiger partial charge in [-0.15, -0.1) is 0 Å². The zero-order valence-electron chi connectivity index (χ0n) is 31.0. The molecule has 0 aliphatic carbocycles. The van der Waals surface area contributed by atoms with Crippen LogP contribution < -0.4 is 9.80 Å². The van der Waals surface area contributed by atoms with E-state index in [9.17, 15) is 0 Å². The van der Waals surface area contributed by atoms with E-state index < -0.39 is 0 Å². The van der Waals surface area contributed by atoms with Crippen molar-refractivity contribution in [3.63, 3.8) is 0 Å². The number of allylic oxidation sites excluding steroid dienone is 4. The van der Waals surface area contributed by atoms with Gasteiger partial charge in [-0.05, 0) is 99.1 Å². The molecule has 0 amide bonds. The summed E-state index contributed by atoms with van der Waals surface area (Å²) < 4.78 is 0. The molecule has 0 atom stereocenters. The van der Waals surface area contributed by atoms with Crippen LogP contribution in [-0.2, 0) is 0 Å². The molecular weight excluding hydrogens is 677 g/mol. The van der Waals surface area contributed by atoms with E-state index in [2.05, 4.69) is 241 Å². The van der Waals surface area contributed by atoms with Crippen LogP contribution in [0.15, 0.2) is 237 Å². The van der Waals surface area contributed by atoms with Crippen LogP contribution in [0.2, 0.25) is 0 Å². The Balaban J connectivity index is 1.12. The molecule has 56 heavy (non-hydrogen) atoms. The Kier molecular flexibility index (Phi) is 9.52.